The first-order chi connectivity index (χ1) is 8.37. The Kier molecular flexibility index (Phi) is 4.38. The summed E-state index contributed by atoms with van der Waals surface area (Å²) in [6.45, 7) is 8.28. The zero-order valence-corrected chi connectivity index (χ0v) is 10.4. The van der Waals surface area contributed by atoms with Gasteiger partial charge in [0.05, 0.1) is 5.41 Å². The minimum absolute atomic E-state index is 0.244. The molecule has 0 aliphatic rings. The fourth-order valence-electron chi connectivity index (χ4n) is 2.12. The fraction of sp³-hybridized carbons (Fsp3) is 0.333. The van der Waals surface area contributed by atoms with Crippen molar-refractivity contribution in [2.75, 3.05) is 0 Å². The maximum atomic E-state index is 13.5. The lowest BCUT2D eigenvalue weighted by molar-refractivity contribution is -0.196. The highest BCUT2D eigenvalue weighted by Gasteiger charge is 2.55. The third-order valence-corrected chi connectivity index (χ3v) is 3.41. The SMILES string of the molecule is C=CCC(C=C)C(C)(c1ccccc1)C(F)(F)F. The van der Waals surface area contributed by atoms with E-state index in [4.69, 9.17) is 0 Å². The number of alkyl halides is 3. The van der Waals surface area contributed by atoms with Gasteiger partial charge in [-0.1, -0.05) is 42.5 Å². The van der Waals surface area contributed by atoms with E-state index in [1.165, 1.54) is 31.2 Å². The molecule has 98 valence electrons. The summed E-state index contributed by atoms with van der Waals surface area (Å²) >= 11 is 0. The summed E-state index contributed by atoms with van der Waals surface area (Å²) in [5, 5.41) is 0. The van der Waals surface area contributed by atoms with E-state index in [9.17, 15) is 13.2 Å². The molecule has 3 heteroatoms. The molecule has 0 saturated carbocycles. The highest BCUT2D eigenvalue weighted by Crippen LogP contribution is 2.47. The van der Waals surface area contributed by atoms with Crippen molar-refractivity contribution in [3.05, 3.63) is 61.2 Å². The van der Waals surface area contributed by atoms with Crippen LogP contribution in [-0.4, -0.2) is 6.18 Å². The molecule has 18 heavy (non-hydrogen) atoms. The molecule has 0 heterocycles. The molecule has 1 aromatic carbocycles. The molecular weight excluding hydrogens is 237 g/mol. The van der Waals surface area contributed by atoms with E-state index in [0.29, 0.717) is 0 Å². The van der Waals surface area contributed by atoms with Gasteiger partial charge >= 0.3 is 6.18 Å². The molecule has 0 aliphatic carbocycles. The highest BCUT2D eigenvalue weighted by molar-refractivity contribution is 5.29. The molecule has 0 radical (unpaired) electrons. The Hall–Kier alpha value is -1.51. The van der Waals surface area contributed by atoms with E-state index in [2.05, 4.69) is 13.2 Å². The monoisotopic (exact) mass is 254 g/mol. The molecule has 0 N–H and O–H groups in total. The van der Waals surface area contributed by atoms with Gasteiger partial charge in [0.1, 0.15) is 0 Å². The van der Waals surface area contributed by atoms with Gasteiger partial charge in [0.25, 0.3) is 0 Å². The maximum absolute atomic E-state index is 13.5. The number of halogens is 3. The van der Waals surface area contributed by atoms with E-state index in [1.807, 2.05) is 0 Å². The minimum atomic E-state index is -4.34. The molecule has 0 spiro atoms. The zero-order valence-electron chi connectivity index (χ0n) is 10.4. The lowest BCUT2D eigenvalue weighted by Crippen LogP contribution is -2.45. The molecule has 2 atom stereocenters. The lowest BCUT2D eigenvalue weighted by atomic mass is 9.70. The van der Waals surface area contributed by atoms with E-state index in [0.717, 1.165) is 0 Å². The van der Waals surface area contributed by atoms with Gasteiger partial charge in [-0.05, 0) is 24.8 Å². The average molecular weight is 254 g/mol. The molecule has 0 aliphatic heterocycles. The molecular formula is C15H17F3. The molecule has 0 bridgehead atoms. The van der Waals surface area contributed by atoms with E-state index >= 15 is 0 Å². The number of allylic oxidation sites excluding steroid dienone is 2. The largest absolute Gasteiger partial charge is 0.398 e. The van der Waals surface area contributed by atoms with Crippen LogP contribution in [0.3, 0.4) is 0 Å². The Morgan fingerprint density at radius 3 is 2.11 bits per heavy atom. The van der Waals surface area contributed by atoms with Gasteiger partial charge in [0.15, 0.2) is 0 Å². The molecule has 0 nitrogen and oxygen atoms in total. The Morgan fingerprint density at radius 1 is 1.17 bits per heavy atom. The van der Waals surface area contributed by atoms with Crippen LogP contribution in [0.1, 0.15) is 18.9 Å². The average Bonchev–Trinajstić information content (AvgIpc) is 2.34. The van der Waals surface area contributed by atoms with Crippen LogP contribution >= 0.6 is 0 Å². The summed E-state index contributed by atoms with van der Waals surface area (Å²) < 4.78 is 40.4. The highest BCUT2D eigenvalue weighted by atomic mass is 19.4. The van der Waals surface area contributed by atoms with Crippen LogP contribution in [-0.2, 0) is 5.41 Å². The molecule has 0 saturated heterocycles. The zero-order chi connectivity index (χ0) is 13.8. The van der Waals surface area contributed by atoms with Crippen LogP contribution in [0.5, 0.6) is 0 Å². The second-order valence-electron chi connectivity index (χ2n) is 4.43. The second kappa shape index (κ2) is 5.42. The Bertz CT molecular complexity index is 405. The van der Waals surface area contributed by atoms with Crippen LogP contribution in [0.15, 0.2) is 55.6 Å². The summed E-state index contributed by atoms with van der Waals surface area (Å²) in [5.74, 6) is -0.725. The molecule has 1 aromatic rings. The van der Waals surface area contributed by atoms with Crippen molar-refractivity contribution in [1.82, 2.24) is 0 Å². The third kappa shape index (κ3) is 2.50. The number of benzene rings is 1. The van der Waals surface area contributed by atoms with E-state index < -0.39 is 17.5 Å². The van der Waals surface area contributed by atoms with Crippen LogP contribution in [0.4, 0.5) is 13.2 Å². The summed E-state index contributed by atoms with van der Waals surface area (Å²) in [7, 11) is 0. The first-order valence-corrected chi connectivity index (χ1v) is 5.73. The number of rotatable bonds is 5. The van der Waals surface area contributed by atoms with Gasteiger partial charge in [-0.25, -0.2) is 0 Å². The van der Waals surface area contributed by atoms with Crippen LogP contribution < -0.4 is 0 Å². The van der Waals surface area contributed by atoms with Crippen molar-refractivity contribution in [2.45, 2.75) is 24.9 Å². The van der Waals surface area contributed by atoms with E-state index in [1.54, 1.807) is 18.2 Å². The fourth-order valence-corrected chi connectivity index (χ4v) is 2.12. The van der Waals surface area contributed by atoms with Crippen molar-refractivity contribution in [3.63, 3.8) is 0 Å². The van der Waals surface area contributed by atoms with Gasteiger partial charge in [0.2, 0.25) is 0 Å². The Labute approximate surface area is 106 Å². The second-order valence-corrected chi connectivity index (χ2v) is 4.43. The maximum Gasteiger partial charge on any atom is 0.398 e. The third-order valence-electron chi connectivity index (χ3n) is 3.41. The van der Waals surface area contributed by atoms with Gasteiger partial charge in [0, 0.05) is 0 Å². The van der Waals surface area contributed by atoms with Gasteiger partial charge in [-0.3, -0.25) is 0 Å². The van der Waals surface area contributed by atoms with Crippen molar-refractivity contribution in [3.8, 4) is 0 Å². The quantitative estimate of drug-likeness (QED) is 0.656. The molecule has 2 unspecified atom stereocenters. The van der Waals surface area contributed by atoms with Crippen molar-refractivity contribution < 1.29 is 13.2 Å². The predicted molar refractivity (Wildman–Crippen MR) is 68.4 cm³/mol. The lowest BCUT2D eigenvalue weighted by Gasteiger charge is -2.38. The minimum Gasteiger partial charge on any atom is -0.170 e. The standard InChI is InChI=1S/C15H17F3/c1-4-9-12(5-2)14(3,15(16,17)18)13-10-7-6-8-11-13/h4-8,10-12H,1-2,9H2,3H3. The van der Waals surface area contributed by atoms with Gasteiger partial charge < -0.3 is 0 Å². The normalized spacial score (nSPS) is 16.7. The van der Waals surface area contributed by atoms with Crippen molar-refractivity contribution in [2.24, 2.45) is 5.92 Å². The first-order valence-electron chi connectivity index (χ1n) is 5.73. The Morgan fingerprint density at radius 2 is 1.72 bits per heavy atom. The van der Waals surface area contributed by atoms with Crippen molar-refractivity contribution >= 4 is 0 Å². The Balaban J connectivity index is 3.35. The van der Waals surface area contributed by atoms with Gasteiger partial charge in [-0.2, -0.15) is 13.2 Å². The summed E-state index contributed by atoms with van der Waals surface area (Å²) in [6, 6.07) is 7.96. The summed E-state index contributed by atoms with van der Waals surface area (Å²) in [5.41, 5.74) is -1.69. The van der Waals surface area contributed by atoms with Crippen molar-refractivity contribution in [1.29, 1.82) is 0 Å². The van der Waals surface area contributed by atoms with Crippen LogP contribution in [0.25, 0.3) is 0 Å². The summed E-state index contributed by atoms with van der Waals surface area (Å²) in [4.78, 5) is 0. The molecule has 0 amide bonds. The molecule has 0 aromatic heterocycles. The smallest absolute Gasteiger partial charge is 0.170 e. The van der Waals surface area contributed by atoms with Crippen LogP contribution in [0.2, 0.25) is 0 Å². The molecule has 1 rings (SSSR count). The topological polar surface area (TPSA) is 0 Å². The summed E-state index contributed by atoms with van der Waals surface area (Å²) in [6.07, 6.45) is -1.23. The van der Waals surface area contributed by atoms with E-state index in [-0.39, 0.29) is 12.0 Å². The number of hydrogen-bond acceptors (Lipinski definition) is 0. The van der Waals surface area contributed by atoms with Crippen LogP contribution in [0, 0.1) is 5.92 Å². The van der Waals surface area contributed by atoms with Gasteiger partial charge in [-0.15, -0.1) is 13.2 Å². The first kappa shape index (κ1) is 14.6. The predicted octanol–water partition coefficient (Wildman–Crippen LogP) is 4.88. The number of hydrogen-bond donors (Lipinski definition) is 0. The molecule has 0 fully saturated rings.